The molecule has 0 aliphatic carbocycles. The van der Waals surface area contributed by atoms with Crippen molar-refractivity contribution in [2.24, 2.45) is 0 Å². The fraction of sp³-hybridized carbons (Fsp3) is 0.176. The summed E-state index contributed by atoms with van der Waals surface area (Å²) < 4.78 is 41.6. The first kappa shape index (κ1) is 18.4. The summed E-state index contributed by atoms with van der Waals surface area (Å²) in [6.45, 7) is 0. The van der Waals surface area contributed by atoms with Gasteiger partial charge < -0.3 is 10.2 Å². The van der Waals surface area contributed by atoms with Gasteiger partial charge in [-0.15, -0.1) is 10.2 Å². The van der Waals surface area contributed by atoms with Gasteiger partial charge in [-0.3, -0.25) is 9.36 Å². The summed E-state index contributed by atoms with van der Waals surface area (Å²) in [5.41, 5.74) is -1.03. The molecule has 0 saturated heterocycles. The van der Waals surface area contributed by atoms with Gasteiger partial charge in [0.15, 0.2) is 11.5 Å². The van der Waals surface area contributed by atoms with E-state index in [1.54, 1.807) is 36.0 Å². The van der Waals surface area contributed by atoms with E-state index in [1.807, 2.05) is 0 Å². The smallest absolute Gasteiger partial charge is 0.378 e. The summed E-state index contributed by atoms with van der Waals surface area (Å²) in [5, 5.41) is 9.90. The zero-order chi connectivity index (χ0) is 19.6. The normalized spacial score (nSPS) is 11.3. The third-order valence-electron chi connectivity index (χ3n) is 3.73. The lowest BCUT2D eigenvalue weighted by Gasteiger charge is -2.18. The minimum Gasteiger partial charge on any atom is -0.378 e. The van der Waals surface area contributed by atoms with Crippen molar-refractivity contribution in [1.29, 1.82) is 0 Å². The summed E-state index contributed by atoms with van der Waals surface area (Å²) in [7, 11) is 3.26. The lowest BCUT2D eigenvalue weighted by Crippen LogP contribution is -2.19. The fourth-order valence-corrected chi connectivity index (χ4v) is 2.32. The first-order valence-electron chi connectivity index (χ1n) is 7.77. The van der Waals surface area contributed by atoms with E-state index in [0.717, 1.165) is 6.07 Å². The molecular formula is C17H15F3N6O. The van der Waals surface area contributed by atoms with E-state index < -0.39 is 17.6 Å². The van der Waals surface area contributed by atoms with Gasteiger partial charge >= 0.3 is 6.18 Å². The summed E-state index contributed by atoms with van der Waals surface area (Å²) in [6.07, 6.45) is 0.0846. The van der Waals surface area contributed by atoms with Gasteiger partial charge in [0.25, 0.3) is 5.91 Å². The highest BCUT2D eigenvalue weighted by atomic mass is 19.4. The highest BCUT2D eigenvalue weighted by Crippen LogP contribution is 2.37. The summed E-state index contributed by atoms with van der Waals surface area (Å²) >= 11 is 0. The Morgan fingerprint density at radius 2 is 1.93 bits per heavy atom. The fourth-order valence-electron chi connectivity index (χ4n) is 2.32. The highest BCUT2D eigenvalue weighted by molar-refractivity contribution is 6.03. The standard InChI is InChI=1S/C17H15F3N6O/c1-25(2)11-3-4-13(12(9-11)17(18,19)20)22-16(27)14-5-6-15(24-23-14)26-8-7-21-10-26/h3-10H,1-2H3,(H,22,27). The number of carbonyl (C=O) groups is 1. The van der Waals surface area contributed by atoms with Crippen molar-refractivity contribution in [3.8, 4) is 5.82 Å². The molecule has 0 aliphatic rings. The predicted molar refractivity (Wildman–Crippen MR) is 92.9 cm³/mol. The molecule has 27 heavy (non-hydrogen) atoms. The van der Waals surface area contributed by atoms with Crippen LogP contribution < -0.4 is 10.2 Å². The number of benzene rings is 1. The van der Waals surface area contributed by atoms with Gasteiger partial charge in [-0.25, -0.2) is 4.98 Å². The average Bonchev–Trinajstić information content (AvgIpc) is 3.15. The van der Waals surface area contributed by atoms with Crippen LogP contribution in [0.25, 0.3) is 5.82 Å². The Bertz CT molecular complexity index is 936. The van der Waals surface area contributed by atoms with E-state index in [9.17, 15) is 18.0 Å². The topological polar surface area (TPSA) is 75.9 Å². The molecule has 3 aromatic rings. The third kappa shape index (κ3) is 4.05. The number of aromatic nitrogens is 4. The molecule has 0 spiro atoms. The third-order valence-corrected chi connectivity index (χ3v) is 3.73. The Kier molecular flexibility index (Phi) is 4.80. The molecule has 10 heteroatoms. The number of anilines is 2. The van der Waals surface area contributed by atoms with Crippen molar-refractivity contribution in [3.63, 3.8) is 0 Å². The molecule has 3 rings (SSSR count). The van der Waals surface area contributed by atoms with Crippen LogP contribution in [0.4, 0.5) is 24.5 Å². The minimum atomic E-state index is -4.62. The van der Waals surface area contributed by atoms with Gasteiger partial charge in [-0.2, -0.15) is 13.2 Å². The van der Waals surface area contributed by atoms with E-state index >= 15 is 0 Å². The molecular weight excluding hydrogens is 361 g/mol. The maximum Gasteiger partial charge on any atom is 0.418 e. The molecule has 0 fully saturated rings. The van der Waals surface area contributed by atoms with Crippen molar-refractivity contribution in [2.75, 3.05) is 24.3 Å². The summed E-state index contributed by atoms with van der Waals surface area (Å²) in [6, 6.07) is 6.56. The maximum atomic E-state index is 13.3. The molecule has 7 nitrogen and oxygen atoms in total. The van der Waals surface area contributed by atoms with Crippen LogP contribution in [0, 0.1) is 0 Å². The molecule has 2 aromatic heterocycles. The number of halogens is 3. The number of amides is 1. The van der Waals surface area contributed by atoms with E-state index in [-0.39, 0.29) is 11.4 Å². The van der Waals surface area contributed by atoms with Crippen molar-refractivity contribution in [2.45, 2.75) is 6.18 Å². The number of nitrogens with one attached hydrogen (secondary N) is 1. The Hall–Kier alpha value is -3.43. The molecule has 0 radical (unpaired) electrons. The lowest BCUT2D eigenvalue weighted by molar-refractivity contribution is -0.136. The van der Waals surface area contributed by atoms with Crippen LogP contribution in [0.3, 0.4) is 0 Å². The number of nitrogens with zero attached hydrogens (tertiary/aromatic N) is 5. The number of alkyl halides is 3. The average molecular weight is 376 g/mol. The molecule has 0 atom stereocenters. The molecule has 2 heterocycles. The minimum absolute atomic E-state index is 0.108. The molecule has 0 aliphatic heterocycles. The van der Waals surface area contributed by atoms with Crippen LogP contribution in [-0.2, 0) is 6.18 Å². The van der Waals surface area contributed by atoms with Gasteiger partial charge in [0.05, 0.1) is 11.3 Å². The summed E-state index contributed by atoms with van der Waals surface area (Å²) in [5.74, 6) is -0.363. The van der Waals surface area contributed by atoms with Gasteiger partial charge in [0.1, 0.15) is 6.33 Å². The van der Waals surface area contributed by atoms with Crippen molar-refractivity contribution >= 4 is 17.3 Å². The second-order valence-electron chi connectivity index (χ2n) is 5.82. The van der Waals surface area contributed by atoms with E-state index in [0.29, 0.717) is 11.5 Å². The van der Waals surface area contributed by atoms with Gasteiger partial charge in [-0.1, -0.05) is 0 Å². The molecule has 140 valence electrons. The van der Waals surface area contributed by atoms with Gasteiger partial charge in [0.2, 0.25) is 0 Å². The molecule has 0 bridgehead atoms. The van der Waals surface area contributed by atoms with E-state index in [2.05, 4.69) is 20.5 Å². The van der Waals surface area contributed by atoms with Gasteiger partial charge in [-0.05, 0) is 30.3 Å². The molecule has 0 unspecified atom stereocenters. The molecule has 1 amide bonds. The Morgan fingerprint density at radius 3 is 2.48 bits per heavy atom. The first-order chi connectivity index (χ1) is 12.8. The van der Waals surface area contributed by atoms with Crippen molar-refractivity contribution < 1.29 is 18.0 Å². The quantitative estimate of drug-likeness (QED) is 0.758. The number of carbonyl (C=O) groups excluding carboxylic acids is 1. The Morgan fingerprint density at radius 1 is 1.15 bits per heavy atom. The van der Waals surface area contributed by atoms with Crippen LogP contribution in [-0.4, -0.2) is 39.8 Å². The molecule has 1 N–H and O–H groups in total. The predicted octanol–water partition coefficient (Wildman–Crippen LogP) is 3.00. The monoisotopic (exact) mass is 376 g/mol. The molecule has 1 aromatic carbocycles. The lowest BCUT2D eigenvalue weighted by atomic mass is 10.1. The maximum absolute atomic E-state index is 13.3. The highest BCUT2D eigenvalue weighted by Gasteiger charge is 2.34. The van der Waals surface area contributed by atoms with Gasteiger partial charge in [0, 0.05) is 32.2 Å². The SMILES string of the molecule is CN(C)c1ccc(NC(=O)c2ccc(-n3ccnc3)nn2)c(C(F)(F)F)c1. The second kappa shape index (κ2) is 7.06. The number of hydrogen-bond acceptors (Lipinski definition) is 5. The molecule has 0 saturated carbocycles. The number of rotatable bonds is 4. The van der Waals surface area contributed by atoms with Crippen LogP contribution in [0.2, 0.25) is 0 Å². The Labute approximate surface area is 152 Å². The van der Waals surface area contributed by atoms with Crippen LogP contribution in [0.5, 0.6) is 0 Å². The van der Waals surface area contributed by atoms with E-state index in [1.165, 1.54) is 30.6 Å². The summed E-state index contributed by atoms with van der Waals surface area (Å²) in [4.78, 5) is 17.7. The van der Waals surface area contributed by atoms with Crippen LogP contribution in [0.1, 0.15) is 16.1 Å². The zero-order valence-corrected chi connectivity index (χ0v) is 14.4. The number of imidazole rings is 1. The zero-order valence-electron chi connectivity index (χ0n) is 14.4. The number of hydrogen-bond donors (Lipinski definition) is 1. The van der Waals surface area contributed by atoms with Crippen LogP contribution in [0.15, 0.2) is 49.1 Å². The van der Waals surface area contributed by atoms with Crippen molar-refractivity contribution in [3.05, 3.63) is 60.3 Å². The Balaban J connectivity index is 1.85. The van der Waals surface area contributed by atoms with E-state index in [4.69, 9.17) is 0 Å². The first-order valence-corrected chi connectivity index (χ1v) is 7.77. The largest absolute Gasteiger partial charge is 0.418 e. The van der Waals surface area contributed by atoms with Crippen LogP contribution >= 0.6 is 0 Å². The second-order valence-corrected chi connectivity index (χ2v) is 5.82. The van der Waals surface area contributed by atoms with Crippen molar-refractivity contribution in [1.82, 2.24) is 19.7 Å².